The van der Waals surface area contributed by atoms with Crippen molar-refractivity contribution in [3.8, 4) is 0 Å². The number of amides is 1. The van der Waals surface area contributed by atoms with Crippen LogP contribution < -0.4 is 10.6 Å². The number of hydrogen-bond acceptors (Lipinski definition) is 4. The number of hydrogen-bond donors (Lipinski definition) is 2. The third-order valence-corrected chi connectivity index (χ3v) is 4.71. The summed E-state index contributed by atoms with van der Waals surface area (Å²) in [6.45, 7) is 0. The summed E-state index contributed by atoms with van der Waals surface area (Å²) >= 11 is 1.67. The van der Waals surface area contributed by atoms with Gasteiger partial charge in [0.25, 0.3) is 5.91 Å². The smallest absolute Gasteiger partial charge is 0.257 e. The quantitative estimate of drug-likeness (QED) is 0.569. The van der Waals surface area contributed by atoms with Crippen LogP contribution in [0.4, 0.5) is 17.1 Å². The number of pyridine rings is 1. The van der Waals surface area contributed by atoms with Crippen LogP contribution in [0.25, 0.3) is 0 Å². The number of nitrogens with zero attached hydrogens (tertiary/aromatic N) is 1. The van der Waals surface area contributed by atoms with E-state index in [9.17, 15) is 4.79 Å². The van der Waals surface area contributed by atoms with Gasteiger partial charge in [-0.15, -0.1) is 0 Å². The lowest BCUT2D eigenvalue weighted by atomic mass is 10.1. The second-order valence-corrected chi connectivity index (χ2v) is 6.18. The Kier molecular flexibility index (Phi) is 3.48. The molecule has 1 amide bonds. The summed E-state index contributed by atoms with van der Waals surface area (Å²) in [6, 6.07) is 17.4. The number of rotatable bonds is 2. The molecular formula is C18H13N3OS. The van der Waals surface area contributed by atoms with E-state index in [1.165, 1.54) is 0 Å². The Hall–Kier alpha value is -2.79. The van der Waals surface area contributed by atoms with Gasteiger partial charge >= 0.3 is 0 Å². The van der Waals surface area contributed by atoms with E-state index < -0.39 is 0 Å². The Morgan fingerprint density at radius 3 is 2.61 bits per heavy atom. The number of fused-ring (bicyclic) bond motifs is 2. The third-order valence-electron chi connectivity index (χ3n) is 3.58. The van der Waals surface area contributed by atoms with Crippen LogP contribution in [-0.2, 0) is 0 Å². The zero-order chi connectivity index (χ0) is 15.6. The van der Waals surface area contributed by atoms with Crippen molar-refractivity contribution in [3.05, 3.63) is 72.6 Å². The second-order valence-electron chi connectivity index (χ2n) is 5.09. The van der Waals surface area contributed by atoms with Gasteiger partial charge in [0.15, 0.2) is 0 Å². The predicted octanol–water partition coefficient (Wildman–Crippen LogP) is 4.54. The van der Waals surface area contributed by atoms with Gasteiger partial charge in [-0.1, -0.05) is 30.0 Å². The zero-order valence-corrected chi connectivity index (χ0v) is 12.9. The van der Waals surface area contributed by atoms with Crippen molar-refractivity contribution in [1.82, 2.24) is 4.98 Å². The molecule has 3 aromatic rings. The molecule has 0 unspecified atom stereocenters. The van der Waals surface area contributed by atoms with E-state index in [-0.39, 0.29) is 5.91 Å². The fraction of sp³-hybridized carbons (Fsp3) is 0. The Labute approximate surface area is 138 Å². The maximum Gasteiger partial charge on any atom is 0.257 e. The Bertz CT molecular complexity index is 880. The summed E-state index contributed by atoms with van der Waals surface area (Å²) in [5, 5.41) is 6.29. The molecule has 112 valence electrons. The minimum Gasteiger partial charge on any atom is -0.353 e. The van der Waals surface area contributed by atoms with Crippen molar-refractivity contribution in [3.63, 3.8) is 0 Å². The summed E-state index contributed by atoms with van der Waals surface area (Å²) in [6.07, 6.45) is 3.31. The van der Waals surface area contributed by atoms with E-state index in [1.54, 1.807) is 36.3 Å². The van der Waals surface area contributed by atoms with Gasteiger partial charge in [-0.25, -0.2) is 0 Å². The van der Waals surface area contributed by atoms with Gasteiger partial charge in [-0.2, -0.15) is 0 Å². The average Bonchev–Trinajstić information content (AvgIpc) is 2.60. The molecule has 23 heavy (non-hydrogen) atoms. The van der Waals surface area contributed by atoms with E-state index in [1.807, 2.05) is 36.4 Å². The highest BCUT2D eigenvalue weighted by Gasteiger charge is 2.21. The van der Waals surface area contributed by atoms with E-state index in [0.29, 0.717) is 5.56 Å². The Balaban J connectivity index is 1.68. The lowest BCUT2D eigenvalue weighted by Crippen LogP contribution is -2.15. The lowest BCUT2D eigenvalue weighted by molar-refractivity contribution is 0.102. The van der Waals surface area contributed by atoms with Crippen LogP contribution in [0.2, 0.25) is 0 Å². The standard InChI is InChI=1S/C18H13N3OS/c22-18(20-12-8-10-19-11-9-12)13-4-3-7-16-17(13)21-14-5-1-2-6-15(14)23-16/h1-11,21H,(H,19,20,22). The Morgan fingerprint density at radius 2 is 1.74 bits per heavy atom. The first-order valence-corrected chi connectivity index (χ1v) is 8.01. The van der Waals surface area contributed by atoms with Crippen molar-refractivity contribution in [1.29, 1.82) is 0 Å². The van der Waals surface area contributed by atoms with E-state index >= 15 is 0 Å². The maximum atomic E-state index is 12.6. The number of para-hydroxylation sites is 2. The predicted molar refractivity (Wildman–Crippen MR) is 92.5 cm³/mol. The Morgan fingerprint density at radius 1 is 0.957 bits per heavy atom. The topological polar surface area (TPSA) is 54.0 Å². The summed E-state index contributed by atoms with van der Waals surface area (Å²) in [5.41, 5.74) is 3.23. The summed E-state index contributed by atoms with van der Waals surface area (Å²) in [4.78, 5) is 18.8. The fourth-order valence-electron chi connectivity index (χ4n) is 2.48. The molecule has 0 saturated heterocycles. The number of carbonyl (C=O) groups excluding carboxylic acids is 1. The molecule has 5 heteroatoms. The molecule has 0 fully saturated rings. The van der Waals surface area contributed by atoms with Crippen molar-refractivity contribution < 1.29 is 4.79 Å². The van der Waals surface area contributed by atoms with Crippen LogP contribution in [-0.4, -0.2) is 10.9 Å². The lowest BCUT2D eigenvalue weighted by Gasteiger charge is -2.22. The number of anilines is 3. The molecule has 0 saturated carbocycles. The van der Waals surface area contributed by atoms with Crippen LogP contribution >= 0.6 is 11.8 Å². The highest BCUT2D eigenvalue weighted by atomic mass is 32.2. The molecule has 1 aliphatic heterocycles. The van der Waals surface area contributed by atoms with E-state index in [4.69, 9.17) is 0 Å². The minimum atomic E-state index is -0.138. The third kappa shape index (κ3) is 2.66. The van der Waals surface area contributed by atoms with Crippen molar-refractivity contribution in [2.75, 3.05) is 10.6 Å². The summed E-state index contributed by atoms with van der Waals surface area (Å²) < 4.78 is 0. The first-order chi connectivity index (χ1) is 11.3. The fourth-order valence-corrected chi connectivity index (χ4v) is 3.50. The number of benzene rings is 2. The molecule has 0 aliphatic carbocycles. The van der Waals surface area contributed by atoms with E-state index in [2.05, 4.69) is 21.7 Å². The highest BCUT2D eigenvalue weighted by Crippen LogP contribution is 2.45. The first kappa shape index (κ1) is 13.8. The second kappa shape index (κ2) is 5.78. The largest absolute Gasteiger partial charge is 0.353 e. The van der Waals surface area contributed by atoms with Crippen LogP contribution in [0.3, 0.4) is 0 Å². The zero-order valence-electron chi connectivity index (χ0n) is 12.1. The normalized spacial score (nSPS) is 11.8. The molecule has 1 aliphatic rings. The van der Waals surface area contributed by atoms with Crippen molar-refractivity contribution in [2.24, 2.45) is 0 Å². The molecule has 2 N–H and O–H groups in total. The number of carbonyl (C=O) groups is 1. The van der Waals surface area contributed by atoms with Crippen LogP contribution in [0.15, 0.2) is 76.8 Å². The molecule has 1 aromatic heterocycles. The minimum absolute atomic E-state index is 0.138. The molecule has 0 bridgehead atoms. The van der Waals surface area contributed by atoms with Gasteiger partial charge in [0.1, 0.15) is 0 Å². The molecule has 0 radical (unpaired) electrons. The van der Waals surface area contributed by atoms with Crippen LogP contribution in [0.5, 0.6) is 0 Å². The van der Waals surface area contributed by atoms with Crippen LogP contribution in [0, 0.1) is 0 Å². The molecule has 0 spiro atoms. The SMILES string of the molecule is O=C(Nc1ccncc1)c1cccc2c1Nc1ccccc1S2. The monoisotopic (exact) mass is 319 g/mol. The van der Waals surface area contributed by atoms with Crippen LogP contribution in [0.1, 0.15) is 10.4 Å². The number of nitrogens with one attached hydrogen (secondary N) is 2. The van der Waals surface area contributed by atoms with Gasteiger partial charge in [-0.3, -0.25) is 9.78 Å². The van der Waals surface area contributed by atoms with Gasteiger partial charge in [0.2, 0.25) is 0 Å². The molecule has 4 nitrogen and oxygen atoms in total. The summed E-state index contributed by atoms with van der Waals surface area (Å²) in [5.74, 6) is -0.138. The first-order valence-electron chi connectivity index (χ1n) is 7.19. The number of aromatic nitrogens is 1. The van der Waals surface area contributed by atoms with Gasteiger partial charge in [-0.05, 0) is 36.4 Å². The van der Waals surface area contributed by atoms with Gasteiger partial charge in [0, 0.05) is 27.9 Å². The van der Waals surface area contributed by atoms with Gasteiger partial charge in [0.05, 0.1) is 16.9 Å². The van der Waals surface area contributed by atoms with Crippen molar-refractivity contribution >= 4 is 34.7 Å². The highest BCUT2D eigenvalue weighted by molar-refractivity contribution is 7.99. The van der Waals surface area contributed by atoms with Gasteiger partial charge < -0.3 is 10.6 Å². The molecular weight excluding hydrogens is 306 g/mol. The molecule has 4 rings (SSSR count). The maximum absolute atomic E-state index is 12.6. The molecule has 0 atom stereocenters. The summed E-state index contributed by atoms with van der Waals surface area (Å²) in [7, 11) is 0. The molecule has 2 heterocycles. The molecule has 2 aromatic carbocycles. The van der Waals surface area contributed by atoms with Crippen molar-refractivity contribution in [2.45, 2.75) is 9.79 Å². The average molecular weight is 319 g/mol. The van der Waals surface area contributed by atoms with E-state index in [0.717, 1.165) is 26.9 Å².